The molecule has 10 heteroatoms. The van der Waals surface area contributed by atoms with Gasteiger partial charge in [-0.2, -0.15) is 26.3 Å². The monoisotopic (exact) mass is 470 g/mol. The molecule has 3 aromatic carbocycles. The first-order valence-electron chi connectivity index (χ1n) is 9.50. The molecule has 1 aliphatic heterocycles. The standard InChI is InChI=1S/C23H16F6O4/c1-31-16-7-8-17(14-4-9-19-20(10-14)33-12-32-19)18(11-16)13-2-5-15(6-3-13)21(30,22(24,25)26)23(27,28)29/h2-11,30H,12H2,1H3. The molecule has 0 saturated carbocycles. The maximum absolute atomic E-state index is 13.2. The van der Waals surface area contributed by atoms with Gasteiger partial charge >= 0.3 is 12.4 Å². The summed E-state index contributed by atoms with van der Waals surface area (Å²) >= 11 is 0. The van der Waals surface area contributed by atoms with Crippen molar-refractivity contribution in [1.82, 2.24) is 0 Å². The molecule has 0 amide bonds. The highest BCUT2D eigenvalue weighted by atomic mass is 19.4. The van der Waals surface area contributed by atoms with Crippen LogP contribution in [0.3, 0.4) is 0 Å². The third kappa shape index (κ3) is 3.84. The van der Waals surface area contributed by atoms with Crippen LogP contribution in [-0.2, 0) is 5.60 Å². The van der Waals surface area contributed by atoms with Crippen molar-refractivity contribution in [3.63, 3.8) is 0 Å². The molecular formula is C23H16F6O4. The molecule has 4 rings (SSSR count). The number of ether oxygens (including phenoxy) is 3. The van der Waals surface area contributed by atoms with E-state index in [0.717, 1.165) is 12.1 Å². The van der Waals surface area contributed by atoms with E-state index in [1.807, 2.05) is 0 Å². The topological polar surface area (TPSA) is 47.9 Å². The van der Waals surface area contributed by atoms with Gasteiger partial charge in [0.05, 0.1) is 7.11 Å². The summed E-state index contributed by atoms with van der Waals surface area (Å²) in [6, 6.07) is 13.5. The summed E-state index contributed by atoms with van der Waals surface area (Å²) in [6.45, 7) is 0.0665. The molecule has 0 aliphatic carbocycles. The molecule has 0 spiro atoms. The summed E-state index contributed by atoms with van der Waals surface area (Å²) in [6.07, 6.45) is -11.9. The van der Waals surface area contributed by atoms with Gasteiger partial charge in [-0.15, -0.1) is 0 Å². The Kier molecular flexibility index (Phi) is 5.44. The van der Waals surface area contributed by atoms with Crippen molar-refractivity contribution >= 4 is 0 Å². The smallest absolute Gasteiger partial charge is 0.430 e. The number of hydrogen-bond acceptors (Lipinski definition) is 4. The molecule has 174 valence electrons. The van der Waals surface area contributed by atoms with Crippen molar-refractivity contribution in [2.45, 2.75) is 18.0 Å². The minimum Gasteiger partial charge on any atom is -0.497 e. The Morgan fingerprint density at radius 1 is 0.727 bits per heavy atom. The average Bonchev–Trinajstić information content (AvgIpc) is 3.24. The first kappa shape index (κ1) is 22.8. The number of aliphatic hydroxyl groups is 1. The van der Waals surface area contributed by atoms with Gasteiger partial charge < -0.3 is 19.3 Å². The minimum atomic E-state index is -5.96. The van der Waals surface area contributed by atoms with Gasteiger partial charge in [0.25, 0.3) is 5.60 Å². The van der Waals surface area contributed by atoms with Crippen molar-refractivity contribution in [2.24, 2.45) is 0 Å². The summed E-state index contributed by atoms with van der Waals surface area (Å²) in [5, 5.41) is 9.63. The zero-order valence-corrected chi connectivity index (χ0v) is 16.9. The average molecular weight is 470 g/mol. The lowest BCUT2D eigenvalue weighted by Gasteiger charge is -2.32. The lowest BCUT2D eigenvalue weighted by atomic mass is 9.89. The second kappa shape index (κ2) is 7.87. The van der Waals surface area contributed by atoms with Gasteiger partial charge in [0.2, 0.25) is 6.79 Å². The quantitative estimate of drug-likeness (QED) is 0.471. The molecule has 3 aromatic rings. The van der Waals surface area contributed by atoms with Crippen LogP contribution in [0.25, 0.3) is 22.3 Å². The van der Waals surface area contributed by atoms with Crippen LogP contribution in [0.4, 0.5) is 26.3 Å². The van der Waals surface area contributed by atoms with E-state index in [9.17, 15) is 31.4 Å². The van der Waals surface area contributed by atoms with Crippen LogP contribution < -0.4 is 14.2 Å². The van der Waals surface area contributed by atoms with Gasteiger partial charge in [-0.05, 0) is 46.5 Å². The predicted octanol–water partition coefficient (Wildman–Crippen LogP) is 6.07. The first-order chi connectivity index (χ1) is 15.5. The van der Waals surface area contributed by atoms with Crippen molar-refractivity contribution in [2.75, 3.05) is 13.9 Å². The number of hydrogen-bond donors (Lipinski definition) is 1. The maximum atomic E-state index is 13.2. The number of benzene rings is 3. The molecular weight excluding hydrogens is 454 g/mol. The number of rotatable bonds is 4. The van der Waals surface area contributed by atoms with Crippen LogP contribution in [0.15, 0.2) is 60.7 Å². The third-order valence-electron chi connectivity index (χ3n) is 5.34. The van der Waals surface area contributed by atoms with Crippen LogP contribution in [0, 0.1) is 0 Å². The molecule has 4 nitrogen and oxygen atoms in total. The molecule has 1 heterocycles. The fraction of sp³-hybridized carbons (Fsp3) is 0.217. The number of methoxy groups -OCH3 is 1. The number of alkyl halides is 6. The van der Waals surface area contributed by atoms with Crippen LogP contribution in [0.2, 0.25) is 0 Å². The Hall–Kier alpha value is -3.40. The Morgan fingerprint density at radius 3 is 1.94 bits per heavy atom. The van der Waals surface area contributed by atoms with E-state index in [-0.39, 0.29) is 6.79 Å². The van der Waals surface area contributed by atoms with Crippen LogP contribution in [-0.4, -0.2) is 31.4 Å². The molecule has 0 unspecified atom stereocenters. The molecule has 0 bridgehead atoms. The van der Waals surface area contributed by atoms with Gasteiger partial charge in [-0.3, -0.25) is 0 Å². The molecule has 0 saturated heterocycles. The highest BCUT2D eigenvalue weighted by molar-refractivity contribution is 5.85. The lowest BCUT2D eigenvalue weighted by molar-refractivity contribution is -0.376. The number of halogens is 6. The molecule has 0 atom stereocenters. The Balaban J connectivity index is 1.81. The third-order valence-corrected chi connectivity index (χ3v) is 5.34. The summed E-state index contributed by atoms with van der Waals surface area (Å²) in [7, 11) is 1.43. The van der Waals surface area contributed by atoms with E-state index in [1.54, 1.807) is 36.4 Å². The summed E-state index contributed by atoms with van der Waals surface area (Å²) in [4.78, 5) is 0. The van der Waals surface area contributed by atoms with Crippen molar-refractivity contribution in [1.29, 1.82) is 0 Å². The summed E-state index contributed by atoms with van der Waals surface area (Å²) in [5.74, 6) is 1.49. The Labute approximate surface area is 183 Å². The molecule has 33 heavy (non-hydrogen) atoms. The second-order valence-electron chi connectivity index (χ2n) is 7.26. The second-order valence-corrected chi connectivity index (χ2v) is 7.26. The largest absolute Gasteiger partial charge is 0.497 e. The highest BCUT2D eigenvalue weighted by Crippen LogP contribution is 2.50. The fourth-order valence-electron chi connectivity index (χ4n) is 3.58. The predicted molar refractivity (Wildman–Crippen MR) is 106 cm³/mol. The van der Waals surface area contributed by atoms with E-state index in [4.69, 9.17) is 14.2 Å². The van der Waals surface area contributed by atoms with Crippen LogP contribution in [0.5, 0.6) is 17.2 Å². The van der Waals surface area contributed by atoms with E-state index >= 15 is 0 Å². The van der Waals surface area contributed by atoms with E-state index in [2.05, 4.69) is 0 Å². The first-order valence-corrected chi connectivity index (χ1v) is 9.50. The maximum Gasteiger partial charge on any atom is 0.430 e. The van der Waals surface area contributed by atoms with Gasteiger partial charge in [-0.1, -0.05) is 36.4 Å². The Bertz CT molecular complexity index is 1160. The van der Waals surface area contributed by atoms with Gasteiger partial charge in [0, 0.05) is 5.56 Å². The van der Waals surface area contributed by atoms with E-state index < -0.39 is 23.5 Å². The van der Waals surface area contributed by atoms with E-state index in [0.29, 0.717) is 51.6 Å². The SMILES string of the molecule is COc1ccc(-c2ccc3c(c2)OCO3)c(-c2ccc(C(O)(C(F)(F)F)C(F)(F)F)cc2)c1. The fourth-order valence-corrected chi connectivity index (χ4v) is 3.58. The highest BCUT2D eigenvalue weighted by Gasteiger charge is 2.71. The number of fused-ring (bicyclic) bond motifs is 1. The Morgan fingerprint density at radius 2 is 1.33 bits per heavy atom. The molecule has 0 fully saturated rings. The van der Waals surface area contributed by atoms with Crippen LogP contribution in [0.1, 0.15) is 5.56 Å². The molecule has 1 aliphatic rings. The van der Waals surface area contributed by atoms with E-state index in [1.165, 1.54) is 7.11 Å². The van der Waals surface area contributed by atoms with Crippen molar-refractivity contribution < 1.29 is 45.7 Å². The van der Waals surface area contributed by atoms with Gasteiger partial charge in [-0.25, -0.2) is 0 Å². The summed E-state index contributed by atoms with van der Waals surface area (Å²) < 4.78 is 95.1. The normalized spacial score (nSPS) is 13.8. The lowest BCUT2D eigenvalue weighted by Crippen LogP contribution is -2.53. The molecule has 0 aromatic heterocycles. The van der Waals surface area contributed by atoms with Gasteiger partial charge in [0.1, 0.15) is 5.75 Å². The summed E-state index contributed by atoms with van der Waals surface area (Å²) in [5.41, 5.74) is -4.21. The minimum absolute atomic E-state index is 0.0665. The van der Waals surface area contributed by atoms with Crippen molar-refractivity contribution in [3.05, 3.63) is 66.2 Å². The molecule has 0 radical (unpaired) electrons. The molecule has 1 N–H and O–H groups in total. The van der Waals surface area contributed by atoms with Crippen LogP contribution >= 0.6 is 0 Å². The van der Waals surface area contributed by atoms with Crippen molar-refractivity contribution in [3.8, 4) is 39.5 Å². The zero-order valence-electron chi connectivity index (χ0n) is 16.9. The van der Waals surface area contributed by atoms with Gasteiger partial charge in [0.15, 0.2) is 11.5 Å². The zero-order chi connectivity index (χ0) is 24.0.